The summed E-state index contributed by atoms with van der Waals surface area (Å²) in [6, 6.07) is 0. The highest BCUT2D eigenvalue weighted by Gasteiger charge is 2.02. The molecule has 0 aromatic carbocycles. The van der Waals surface area contributed by atoms with Crippen LogP contribution in [0.25, 0.3) is 0 Å². The van der Waals surface area contributed by atoms with Crippen LogP contribution in [0, 0.1) is 0 Å². The van der Waals surface area contributed by atoms with Crippen molar-refractivity contribution in [3.8, 4) is 0 Å². The fourth-order valence-corrected chi connectivity index (χ4v) is 0.819. The average molecular weight is 186 g/mol. The van der Waals surface area contributed by atoms with Crippen molar-refractivity contribution in [1.29, 1.82) is 0 Å². The van der Waals surface area contributed by atoms with Crippen LogP contribution in [-0.4, -0.2) is 49.0 Å². The molecule has 0 atom stereocenters. The first-order valence-corrected chi connectivity index (χ1v) is 4.18. The van der Waals surface area contributed by atoms with Gasteiger partial charge >= 0.3 is 0 Å². The molecule has 0 amide bonds. The lowest BCUT2D eigenvalue weighted by Crippen LogP contribution is -2.32. The second-order valence-electron chi connectivity index (χ2n) is 2.43. The molecule has 2 N–H and O–H groups in total. The number of hydrogen-bond donors (Lipinski definition) is 2. The molecule has 1 aliphatic heterocycles. The lowest BCUT2D eigenvalue weighted by atomic mass is 10.6. The van der Waals surface area contributed by atoms with Crippen molar-refractivity contribution in [2.75, 3.05) is 26.4 Å². The van der Waals surface area contributed by atoms with Crippen LogP contribution in [0.15, 0.2) is 9.98 Å². The van der Waals surface area contributed by atoms with Gasteiger partial charge in [0, 0.05) is 13.2 Å². The molecule has 0 fully saturated rings. The van der Waals surface area contributed by atoms with Crippen molar-refractivity contribution in [1.82, 2.24) is 10.4 Å². The van der Waals surface area contributed by atoms with Crippen LogP contribution in [0.4, 0.5) is 0 Å². The van der Waals surface area contributed by atoms with E-state index in [4.69, 9.17) is 9.94 Å². The molecule has 0 unspecified atom stereocenters. The van der Waals surface area contributed by atoms with E-state index in [1.807, 2.05) is 6.92 Å². The van der Waals surface area contributed by atoms with Crippen LogP contribution in [0.2, 0.25) is 0 Å². The van der Waals surface area contributed by atoms with Crippen LogP contribution in [0.1, 0.15) is 6.92 Å². The Morgan fingerprint density at radius 3 is 3.23 bits per heavy atom. The number of rotatable bonds is 4. The highest BCUT2D eigenvalue weighted by atomic mass is 16.5. The summed E-state index contributed by atoms with van der Waals surface area (Å²) < 4.78 is 5.12. The molecule has 13 heavy (non-hydrogen) atoms. The van der Waals surface area contributed by atoms with Crippen LogP contribution in [0.3, 0.4) is 0 Å². The first-order chi connectivity index (χ1) is 6.33. The largest absolute Gasteiger partial charge is 0.380 e. The van der Waals surface area contributed by atoms with E-state index in [0.717, 1.165) is 5.06 Å². The van der Waals surface area contributed by atoms with E-state index in [9.17, 15) is 0 Å². The Kier molecular flexibility index (Phi) is 4.20. The van der Waals surface area contributed by atoms with Crippen LogP contribution in [-0.2, 0) is 4.74 Å². The lowest BCUT2D eigenvalue weighted by Gasteiger charge is -2.14. The molecule has 1 rings (SSSR count). The van der Waals surface area contributed by atoms with Crippen LogP contribution >= 0.6 is 0 Å². The summed E-state index contributed by atoms with van der Waals surface area (Å²) in [5.41, 5.74) is 0. The Bertz CT molecular complexity index is 205. The van der Waals surface area contributed by atoms with E-state index < -0.39 is 0 Å². The number of nitrogens with one attached hydrogen (secondary N) is 1. The fourth-order valence-electron chi connectivity index (χ4n) is 0.819. The lowest BCUT2D eigenvalue weighted by molar-refractivity contribution is -0.00654. The Morgan fingerprint density at radius 2 is 2.62 bits per heavy atom. The smallest absolute Gasteiger partial charge is 0.221 e. The van der Waals surface area contributed by atoms with Crippen molar-refractivity contribution in [2.45, 2.75) is 6.92 Å². The van der Waals surface area contributed by atoms with Gasteiger partial charge in [-0.25, -0.2) is 15.0 Å². The first-order valence-electron chi connectivity index (χ1n) is 4.18. The molecule has 0 bridgehead atoms. The molecule has 0 saturated heterocycles. The molecule has 0 aliphatic carbocycles. The van der Waals surface area contributed by atoms with Crippen LogP contribution < -0.4 is 5.32 Å². The van der Waals surface area contributed by atoms with Gasteiger partial charge in [-0.1, -0.05) is 0 Å². The Balaban J connectivity index is 2.12. The normalized spacial score (nSPS) is 15.8. The number of hydrogen-bond acceptors (Lipinski definition) is 6. The van der Waals surface area contributed by atoms with Crippen molar-refractivity contribution >= 4 is 12.3 Å². The number of aliphatic imine (C=N–C) groups is 2. The van der Waals surface area contributed by atoms with Gasteiger partial charge in [-0.05, 0) is 6.92 Å². The van der Waals surface area contributed by atoms with Gasteiger partial charge in [-0.15, -0.1) is 0 Å². The number of ether oxygens (including phenoxy) is 1. The van der Waals surface area contributed by atoms with Crippen molar-refractivity contribution in [2.24, 2.45) is 9.98 Å². The summed E-state index contributed by atoms with van der Waals surface area (Å²) in [6.07, 6.45) is 1.32. The fraction of sp³-hybridized carbons (Fsp3) is 0.714. The Hall–Kier alpha value is -1.14. The predicted octanol–water partition coefficient (Wildman–Crippen LogP) is -0.341. The summed E-state index contributed by atoms with van der Waals surface area (Å²) in [6.45, 7) is 4.19. The third-order valence-corrected chi connectivity index (χ3v) is 1.41. The van der Waals surface area contributed by atoms with Gasteiger partial charge < -0.3 is 10.1 Å². The average Bonchev–Trinajstić information content (AvgIpc) is 2.15. The second kappa shape index (κ2) is 5.50. The predicted molar refractivity (Wildman–Crippen MR) is 48.9 cm³/mol. The van der Waals surface area contributed by atoms with E-state index in [2.05, 4.69) is 15.3 Å². The first kappa shape index (κ1) is 9.94. The number of guanidine groups is 1. The molecule has 6 nitrogen and oxygen atoms in total. The monoisotopic (exact) mass is 186 g/mol. The molecular weight excluding hydrogens is 172 g/mol. The molecule has 1 heterocycles. The van der Waals surface area contributed by atoms with Gasteiger partial charge in [-0.2, -0.15) is 0 Å². The van der Waals surface area contributed by atoms with E-state index in [1.54, 1.807) is 0 Å². The number of nitrogens with zero attached hydrogens (tertiary/aromatic N) is 3. The second-order valence-corrected chi connectivity index (χ2v) is 2.43. The van der Waals surface area contributed by atoms with E-state index >= 15 is 0 Å². The molecule has 74 valence electrons. The maximum Gasteiger partial charge on any atom is 0.221 e. The minimum atomic E-state index is 0.223. The quantitative estimate of drug-likeness (QED) is 0.589. The molecule has 0 aromatic heterocycles. The van der Waals surface area contributed by atoms with Crippen molar-refractivity contribution < 1.29 is 9.94 Å². The summed E-state index contributed by atoms with van der Waals surface area (Å²) in [5.74, 6) is 0.532. The summed E-state index contributed by atoms with van der Waals surface area (Å²) in [5, 5.41) is 12.7. The minimum absolute atomic E-state index is 0.223. The van der Waals surface area contributed by atoms with Gasteiger partial charge in [-0.3, -0.25) is 5.21 Å². The molecule has 6 heteroatoms. The third kappa shape index (κ3) is 3.86. The summed E-state index contributed by atoms with van der Waals surface area (Å²) in [4.78, 5) is 7.78. The van der Waals surface area contributed by atoms with E-state index in [-0.39, 0.29) is 6.67 Å². The van der Waals surface area contributed by atoms with Crippen molar-refractivity contribution in [3.63, 3.8) is 0 Å². The standard InChI is InChI=1S/C7H14N4O2/c1-2-13-4-3-8-7-9-5-11(12)6-10-7/h5,12H,2-4,6H2,1H3,(H,8,10). The Morgan fingerprint density at radius 1 is 1.77 bits per heavy atom. The van der Waals surface area contributed by atoms with Gasteiger partial charge in [0.25, 0.3) is 0 Å². The molecule has 0 radical (unpaired) electrons. The zero-order valence-corrected chi connectivity index (χ0v) is 7.60. The topological polar surface area (TPSA) is 69.5 Å². The molecular formula is C7H14N4O2. The van der Waals surface area contributed by atoms with Gasteiger partial charge in [0.2, 0.25) is 5.96 Å². The van der Waals surface area contributed by atoms with Crippen LogP contribution in [0.5, 0.6) is 0 Å². The molecule has 0 aromatic rings. The van der Waals surface area contributed by atoms with Crippen molar-refractivity contribution in [3.05, 3.63) is 0 Å². The third-order valence-electron chi connectivity index (χ3n) is 1.41. The van der Waals surface area contributed by atoms with Gasteiger partial charge in [0.1, 0.15) is 13.0 Å². The highest BCUT2D eigenvalue weighted by molar-refractivity contribution is 5.88. The zero-order valence-electron chi connectivity index (χ0n) is 7.60. The van der Waals surface area contributed by atoms with Gasteiger partial charge in [0.05, 0.1) is 6.61 Å². The SMILES string of the molecule is CCOCCNC1=NCN(O)C=N1. The maximum absolute atomic E-state index is 8.86. The zero-order chi connectivity index (χ0) is 9.52. The van der Waals surface area contributed by atoms with Gasteiger partial charge in [0.15, 0.2) is 0 Å². The number of hydroxylamine groups is 2. The van der Waals surface area contributed by atoms with E-state index in [0.29, 0.717) is 25.7 Å². The minimum Gasteiger partial charge on any atom is -0.380 e. The molecule has 0 spiro atoms. The summed E-state index contributed by atoms with van der Waals surface area (Å²) >= 11 is 0. The highest BCUT2D eigenvalue weighted by Crippen LogP contribution is 1.88. The maximum atomic E-state index is 8.86. The Labute approximate surface area is 76.9 Å². The molecule has 0 saturated carbocycles. The molecule has 1 aliphatic rings. The summed E-state index contributed by atoms with van der Waals surface area (Å²) in [7, 11) is 0. The van der Waals surface area contributed by atoms with E-state index in [1.165, 1.54) is 6.34 Å².